The maximum atomic E-state index is 14.5. The van der Waals surface area contributed by atoms with Crippen LogP contribution in [0.15, 0.2) is 30.7 Å². The molecule has 1 aliphatic carbocycles. The molecule has 170 valence electrons. The van der Waals surface area contributed by atoms with E-state index in [-0.39, 0.29) is 46.2 Å². The Labute approximate surface area is 185 Å². The lowest BCUT2D eigenvalue weighted by atomic mass is 9.91. The first-order chi connectivity index (χ1) is 16.0. The first-order valence-electron chi connectivity index (χ1n) is 10.4. The molecule has 0 saturated heterocycles. The third kappa shape index (κ3) is 4.23. The molecule has 0 radical (unpaired) electrons. The number of nitrogens with zero attached hydrogens (tertiary/aromatic N) is 4. The van der Waals surface area contributed by atoms with E-state index in [1.807, 2.05) is 0 Å². The second-order valence-corrected chi connectivity index (χ2v) is 7.94. The molecule has 9 nitrogen and oxygen atoms in total. The molecular formula is C21H19F3N8O. The van der Waals surface area contributed by atoms with Crippen molar-refractivity contribution in [2.24, 2.45) is 0 Å². The number of H-pyrrole nitrogens is 2. The minimum atomic E-state index is -0.738. The number of aromatic nitrogens is 6. The number of hydrogen-bond acceptors (Lipinski definition) is 6. The average molecular weight is 456 g/mol. The molecule has 0 unspecified atom stereocenters. The molecule has 3 heterocycles. The molecule has 1 fully saturated rings. The maximum absolute atomic E-state index is 14.5. The first kappa shape index (κ1) is 20.9. The van der Waals surface area contributed by atoms with Gasteiger partial charge in [0.1, 0.15) is 11.6 Å². The molecule has 1 saturated carbocycles. The van der Waals surface area contributed by atoms with E-state index < -0.39 is 17.5 Å². The number of halogens is 3. The molecule has 3 aromatic heterocycles. The van der Waals surface area contributed by atoms with Crippen molar-refractivity contribution in [3.63, 3.8) is 0 Å². The van der Waals surface area contributed by atoms with Crippen LogP contribution in [0.2, 0.25) is 0 Å². The van der Waals surface area contributed by atoms with Crippen LogP contribution in [0.25, 0.3) is 22.3 Å². The van der Waals surface area contributed by atoms with Crippen molar-refractivity contribution >= 4 is 22.6 Å². The number of fused-ring (bicyclic) bond motifs is 1. The van der Waals surface area contributed by atoms with Crippen LogP contribution in [-0.4, -0.2) is 48.4 Å². The van der Waals surface area contributed by atoms with Crippen molar-refractivity contribution in [2.75, 3.05) is 5.32 Å². The maximum Gasteiger partial charge on any atom is 0.273 e. The smallest absolute Gasteiger partial charge is 0.273 e. The number of aromatic amines is 2. The van der Waals surface area contributed by atoms with E-state index in [1.54, 1.807) is 0 Å². The van der Waals surface area contributed by atoms with Crippen molar-refractivity contribution in [3.05, 3.63) is 53.9 Å². The zero-order chi connectivity index (χ0) is 22.9. The van der Waals surface area contributed by atoms with Crippen LogP contribution in [0.4, 0.5) is 19.0 Å². The van der Waals surface area contributed by atoms with Gasteiger partial charge in [-0.2, -0.15) is 15.4 Å². The summed E-state index contributed by atoms with van der Waals surface area (Å²) in [6.07, 6.45) is 6.75. The van der Waals surface area contributed by atoms with E-state index in [0.29, 0.717) is 12.0 Å². The summed E-state index contributed by atoms with van der Waals surface area (Å²) in [4.78, 5) is 23.3. The summed E-state index contributed by atoms with van der Waals surface area (Å²) in [7, 11) is 0. The monoisotopic (exact) mass is 456 g/mol. The molecule has 2 atom stereocenters. The van der Waals surface area contributed by atoms with Gasteiger partial charge in [0.05, 0.1) is 17.9 Å². The molecule has 5 rings (SSSR count). The number of anilines is 1. The van der Waals surface area contributed by atoms with E-state index in [4.69, 9.17) is 0 Å². The van der Waals surface area contributed by atoms with Gasteiger partial charge >= 0.3 is 0 Å². The largest absolute Gasteiger partial charge is 0.365 e. The number of benzene rings is 1. The van der Waals surface area contributed by atoms with Gasteiger partial charge in [-0.1, -0.05) is 0 Å². The van der Waals surface area contributed by atoms with Crippen molar-refractivity contribution in [2.45, 2.75) is 37.8 Å². The van der Waals surface area contributed by atoms with Gasteiger partial charge in [0.15, 0.2) is 23.2 Å². The molecule has 4 aromatic rings. The van der Waals surface area contributed by atoms with Crippen LogP contribution in [0.1, 0.15) is 36.2 Å². The predicted octanol–water partition coefficient (Wildman–Crippen LogP) is 3.31. The van der Waals surface area contributed by atoms with Crippen LogP contribution in [0, 0.1) is 17.5 Å². The molecule has 0 spiro atoms. The van der Waals surface area contributed by atoms with Crippen molar-refractivity contribution < 1.29 is 18.0 Å². The molecule has 33 heavy (non-hydrogen) atoms. The highest BCUT2D eigenvalue weighted by Crippen LogP contribution is 2.30. The second-order valence-electron chi connectivity index (χ2n) is 7.94. The first-order valence-corrected chi connectivity index (χ1v) is 10.4. The lowest BCUT2D eigenvalue weighted by Crippen LogP contribution is -2.42. The Morgan fingerprint density at radius 1 is 1.09 bits per heavy atom. The number of rotatable bonds is 5. The van der Waals surface area contributed by atoms with Crippen LogP contribution in [0.3, 0.4) is 0 Å². The number of hydrogen-bond donors (Lipinski definition) is 4. The quantitative estimate of drug-likeness (QED) is 0.365. The highest BCUT2D eigenvalue weighted by Gasteiger charge is 2.26. The van der Waals surface area contributed by atoms with Crippen LogP contribution in [-0.2, 0) is 0 Å². The average Bonchev–Trinajstić information content (AvgIpc) is 3.46. The zero-order valence-electron chi connectivity index (χ0n) is 17.2. The van der Waals surface area contributed by atoms with E-state index in [1.165, 1.54) is 18.5 Å². The minimum Gasteiger partial charge on any atom is -0.365 e. The Morgan fingerprint density at radius 3 is 2.76 bits per heavy atom. The third-order valence-electron chi connectivity index (χ3n) is 5.69. The van der Waals surface area contributed by atoms with Crippen molar-refractivity contribution in [1.29, 1.82) is 0 Å². The Bertz CT molecular complexity index is 1310. The van der Waals surface area contributed by atoms with Crippen LogP contribution < -0.4 is 10.6 Å². The molecular weight excluding hydrogens is 437 g/mol. The summed E-state index contributed by atoms with van der Waals surface area (Å²) < 4.78 is 42.3. The fourth-order valence-electron chi connectivity index (χ4n) is 4.15. The lowest BCUT2D eigenvalue weighted by Gasteiger charge is -2.30. The normalized spacial score (nSPS) is 18.4. The van der Waals surface area contributed by atoms with E-state index >= 15 is 0 Å². The second kappa shape index (κ2) is 8.52. The summed E-state index contributed by atoms with van der Waals surface area (Å²) in [6.45, 7) is 0. The van der Waals surface area contributed by atoms with Crippen molar-refractivity contribution in [3.8, 4) is 11.4 Å². The highest BCUT2D eigenvalue weighted by atomic mass is 19.1. The van der Waals surface area contributed by atoms with Crippen LogP contribution in [0.5, 0.6) is 0 Å². The van der Waals surface area contributed by atoms with Gasteiger partial charge in [-0.05, 0) is 31.7 Å². The molecule has 0 bridgehead atoms. The zero-order valence-corrected chi connectivity index (χ0v) is 17.2. The van der Waals surface area contributed by atoms with Gasteiger partial charge in [0, 0.05) is 35.3 Å². The molecule has 1 aromatic carbocycles. The molecule has 0 aliphatic heterocycles. The van der Waals surface area contributed by atoms with Crippen LogP contribution >= 0.6 is 0 Å². The van der Waals surface area contributed by atoms with Gasteiger partial charge in [0.25, 0.3) is 5.91 Å². The minimum absolute atomic E-state index is 0.0142. The van der Waals surface area contributed by atoms with E-state index in [2.05, 4.69) is 41.0 Å². The SMILES string of the molecule is O=C(N[C@@H]1CCC[C@H](Nc2nc(-c3c[nH]c4c(F)cc(F)cc34)ncc2F)C1)c1cn[nH]n1. The van der Waals surface area contributed by atoms with Gasteiger partial charge in [-0.3, -0.25) is 4.79 Å². The number of amides is 1. The predicted molar refractivity (Wildman–Crippen MR) is 113 cm³/mol. The highest BCUT2D eigenvalue weighted by molar-refractivity contribution is 5.94. The topological polar surface area (TPSA) is 124 Å². The standard InChI is InChI=1S/C21H19F3N8O/c22-10-4-13-14(7-25-18(13)15(23)5-10)19-26-8-16(24)20(30-19)28-11-2-1-3-12(6-11)29-21(33)17-9-27-32-31-17/h4-5,7-9,11-12,25H,1-3,6H2,(H,29,33)(H,26,28,30)(H,27,31,32)/t11-,12+/m0/s1. The van der Waals surface area contributed by atoms with Crippen molar-refractivity contribution in [1.82, 2.24) is 35.7 Å². The summed E-state index contributed by atoms with van der Waals surface area (Å²) in [5.41, 5.74) is 0.669. The fraction of sp³-hybridized carbons (Fsp3) is 0.286. The van der Waals surface area contributed by atoms with Gasteiger partial charge in [-0.15, -0.1) is 0 Å². The number of carbonyl (C=O) groups excluding carboxylic acids is 1. The Balaban J connectivity index is 1.34. The Kier molecular flexibility index (Phi) is 5.40. The third-order valence-corrected chi connectivity index (χ3v) is 5.69. The van der Waals surface area contributed by atoms with E-state index in [9.17, 15) is 18.0 Å². The summed E-state index contributed by atoms with van der Waals surface area (Å²) in [6, 6.07) is 1.69. The lowest BCUT2D eigenvalue weighted by molar-refractivity contribution is 0.0921. The Morgan fingerprint density at radius 2 is 1.94 bits per heavy atom. The molecule has 12 heteroatoms. The molecule has 4 N–H and O–H groups in total. The van der Waals surface area contributed by atoms with E-state index in [0.717, 1.165) is 31.5 Å². The number of nitrogens with one attached hydrogen (secondary N) is 4. The Hall–Kier alpha value is -3.96. The fourth-order valence-corrected chi connectivity index (χ4v) is 4.15. The molecule has 1 amide bonds. The van der Waals surface area contributed by atoms with Gasteiger partial charge in [-0.25, -0.2) is 23.1 Å². The summed E-state index contributed by atoms with van der Waals surface area (Å²) >= 11 is 0. The summed E-state index contributed by atoms with van der Waals surface area (Å²) in [5, 5.41) is 16.1. The molecule has 1 aliphatic rings. The number of carbonyl (C=O) groups is 1. The van der Waals surface area contributed by atoms with Gasteiger partial charge in [0.2, 0.25) is 0 Å². The summed E-state index contributed by atoms with van der Waals surface area (Å²) in [5.74, 6) is -2.34. The van der Waals surface area contributed by atoms with Gasteiger partial charge < -0.3 is 15.6 Å².